The Morgan fingerprint density at radius 3 is 2.69 bits per heavy atom. The predicted octanol–water partition coefficient (Wildman–Crippen LogP) is 5.01. The molecule has 1 unspecified atom stereocenters. The van der Waals surface area contributed by atoms with Gasteiger partial charge in [0.25, 0.3) is 0 Å². The summed E-state index contributed by atoms with van der Waals surface area (Å²) in [7, 11) is 0. The van der Waals surface area contributed by atoms with E-state index < -0.39 is 11.0 Å². The lowest BCUT2D eigenvalue weighted by Crippen LogP contribution is -2.74. The Kier molecular flexibility index (Phi) is 4.67. The first-order valence-electron chi connectivity index (χ1n) is 15.3. The van der Waals surface area contributed by atoms with Gasteiger partial charge in [0.1, 0.15) is 0 Å². The fraction of sp³-hybridized carbons (Fsp3) is 0.529. The van der Waals surface area contributed by atoms with Crippen LogP contribution in [-0.4, -0.2) is 44.4 Å². The van der Waals surface area contributed by atoms with Gasteiger partial charge in [0.15, 0.2) is 17.6 Å². The van der Waals surface area contributed by atoms with Gasteiger partial charge < -0.3 is 19.5 Å². The molecule has 1 spiro atoms. The average molecular weight is 523 g/mol. The Morgan fingerprint density at radius 2 is 1.85 bits per heavy atom. The van der Waals surface area contributed by atoms with Gasteiger partial charge in [-0.2, -0.15) is 0 Å². The number of piperidine rings is 1. The molecule has 39 heavy (non-hydrogen) atoms. The molecule has 3 aromatic rings. The van der Waals surface area contributed by atoms with Gasteiger partial charge >= 0.3 is 0 Å². The summed E-state index contributed by atoms with van der Waals surface area (Å²) in [5.74, 6) is 1.67. The first-order valence-corrected chi connectivity index (χ1v) is 15.3. The topological polar surface area (TPSA) is 57.9 Å². The number of aromatic nitrogens is 1. The van der Waals surface area contributed by atoms with Crippen LogP contribution in [0.25, 0.3) is 0 Å². The molecule has 1 saturated carbocycles. The minimum Gasteiger partial charge on any atom is -0.504 e. The Morgan fingerprint density at radius 1 is 1.00 bits per heavy atom. The predicted molar refractivity (Wildman–Crippen MR) is 149 cm³/mol. The molecule has 202 valence electrons. The van der Waals surface area contributed by atoms with Gasteiger partial charge in [0, 0.05) is 36.8 Å². The lowest BCUT2D eigenvalue weighted by atomic mass is 9.49. The summed E-state index contributed by atoms with van der Waals surface area (Å²) >= 11 is 0. The second-order valence-electron chi connectivity index (χ2n) is 13.3. The van der Waals surface area contributed by atoms with E-state index in [2.05, 4.69) is 45.9 Å². The molecular formula is C34H38N2O3. The van der Waals surface area contributed by atoms with Crippen LogP contribution in [0.5, 0.6) is 11.5 Å². The molecule has 4 atom stereocenters. The maximum absolute atomic E-state index is 13.2. The minimum absolute atomic E-state index is 0.0982. The lowest BCUT2D eigenvalue weighted by molar-refractivity contribution is -0.174. The van der Waals surface area contributed by atoms with Crippen molar-refractivity contribution in [2.45, 2.75) is 93.9 Å². The number of ether oxygens (including phenoxy) is 1. The van der Waals surface area contributed by atoms with Crippen LogP contribution in [0, 0.1) is 5.92 Å². The monoisotopic (exact) mass is 522 g/mol. The number of aromatic hydroxyl groups is 1. The molecular weight excluding hydrogens is 484 g/mol. The van der Waals surface area contributed by atoms with E-state index in [1.165, 1.54) is 59.3 Å². The first-order chi connectivity index (χ1) is 19.1. The zero-order valence-corrected chi connectivity index (χ0v) is 22.7. The number of aliphatic hydroxyl groups is 1. The van der Waals surface area contributed by atoms with Crippen molar-refractivity contribution in [3.05, 3.63) is 81.7 Å². The largest absolute Gasteiger partial charge is 0.504 e. The van der Waals surface area contributed by atoms with E-state index in [1.54, 1.807) is 0 Å². The van der Waals surface area contributed by atoms with Gasteiger partial charge in [-0.3, -0.25) is 4.90 Å². The number of nitrogens with zero attached hydrogens (tertiary/aromatic N) is 2. The summed E-state index contributed by atoms with van der Waals surface area (Å²) in [5.41, 5.74) is 8.02. The third-order valence-electron chi connectivity index (χ3n) is 11.4. The van der Waals surface area contributed by atoms with E-state index in [0.717, 1.165) is 63.2 Å². The van der Waals surface area contributed by atoms with Gasteiger partial charge in [-0.05, 0) is 98.6 Å². The zero-order valence-electron chi connectivity index (χ0n) is 22.7. The molecule has 2 bridgehead atoms. The molecule has 2 fully saturated rings. The Bertz CT molecular complexity index is 1490. The van der Waals surface area contributed by atoms with Crippen molar-refractivity contribution in [3.8, 4) is 11.5 Å². The van der Waals surface area contributed by atoms with E-state index >= 15 is 0 Å². The van der Waals surface area contributed by atoms with E-state index in [0.29, 0.717) is 12.2 Å². The van der Waals surface area contributed by atoms with Crippen molar-refractivity contribution in [1.29, 1.82) is 0 Å². The summed E-state index contributed by atoms with van der Waals surface area (Å²) in [6.07, 6.45) is 10.5. The first kappa shape index (κ1) is 23.0. The summed E-state index contributed by atoms with van der Waals surface area (Å²) in [6, 6.07) is 14.9. The van der Waals surface area contributed by atoms with Crippen LogP contribution in [0.3, 0.4) is 0 Å². The molecule has 4 aliphatic carbocycles. The average Bonchev–Trinajstić information content (AvgIpc) is 3.62. The van der Waals surface area contributed by atoms with Crippen LogP contribution in [0.4, 0.5) is 0 Å². The summed E-state index contributed by atoms with van der Waals surface area (Å²) < 4.78 is 9.56. The highest BCUT2D eigenvalue weighted by Crippen LogP contribution is 2.69. The second-order valence-corrected chi connectivity index (χ2v) is 13.3. The van der Waals surface area contributed by atoms with Crippen molar-refractivity contribution in [2.24, 2.45) is 5.92 Å². The van der Waals surface area contributed by atoms with Crippen molar-refractivity contribution < 1.29 is 14.9 Å². The Balaban J connectivity index is 1.25. The van der Waals surface area contributed by atoms with Crippen molar-refractivity contribution in [3.63, 3.8) is 0 Å². The van der Waals surface area contributed by atoms with Gasteiger partial charge in [0.2, 0.25) is 0 Å². The lowest BCUT2D eigenvalue weighted by Gasteiger charge is -2.63. The van der Waals surface area contributed by atoms with Crippen LogP contribution < -0.4 is 4.74 Å². The van der Waals surface area contributed by atoms with Crippen molar-refractivity contribution in [2.75, 3.05) is 13.1 Å². The van der Waals surface area contributed by atoms with Crippen molar-refractivity contribution >= 4 is 0 Å². The zero-order chi connectivity index (χ0) is 25.9. The van der Waals surface area contributed by atoms with E-state index in [4.69, 9.17) is 4.74 Å². The van der Waals surface area contributed by atoms with Crippen LogP contribution in [-0.2, 0) is 44.1 Å². The minimum atomic E-state index is -0.888. The second kappa shape index (κ2) is 7.92. The summed E-state index contributed by atoms with van der Waals surface area (Å²) in [4.78, 5) is 2.64. The third-order valence-corrected chi connectivity index (χ3v) is 11.4. The number of benzene rings is 2. The highest BCUT2D eigenvalue weighted by Gasteiger charge is 2.73. The fourth-order valence-corrected chi connectivity index (χ4v) is 9.54. The molecule has 0 radical (unpaired) electrons. The van der Waals surface area contributed by atoms with Crippen LogP contribution in [0.15, 0.2) is 42.5 Å². The van der Waals surface area contributed by atoms with Gasteiger partial charge in [-0.1, -0.05) is 36.4 Å². The molecule has 9 rings (SSSR count). The van der Waals surface area contributed by atoms with E-state index in [9.17, 15) is 10.2 Å². The summed E-state index contributed by atoms with van der Waals surface area (Å²) in [5, 5.41) is 24.2. The molecule has 1 saturated heterocycles. The molecule has 2 aromatic carbocycles. The number of phenolic OH excluding ortho intramolecular Hbond substituents is 1. The number of fused-ring (bicyclic) bond motifs is 4. The maximum atomic E-state index is 13.2. The molecule has 0 amide bonds. The van der Waals surface area contributed by atoms with Crippen LogP contribution in [0.1, 0.15) is 77.4 Å². The third kappa shape index (κ3) is 2.93. The molecule has 2 N–H and O–H groups in total. The highest BCUT2D eigenvalue weighted by atomic mass is 16.5. The van der Waals surface area contributed by atoms with E-state index in [1.807, 2.05) is 6.07 Å². The smallest absolute Gasteiger partial charge is 0.166 e. The fourth-order valence-electron chi connectivity index (χ4n) is 9.54. The maximum Gasteiger partial charge on any atom is 0.166 e. The number of aryl methyl sites for hydroxylation is 1. The molecule has 1 aromatic heterocycles. The summed E-state index contributed by atoms with van der Waals surface area (Å²) in [6.45, 7) is 3.04. The Labute approximate surface area is 230 Å². The quantitative estimate of drug-likeness (QED) is 0.495. The standard InChI is InChI=1S/C34H38N2O3/c37-27-13-12-23-18-28-34(38)19-25-24-8-4-5-9-26(24)36(16-14-21-6-2-1-3-7-21)30(25)32-33(34,29(23)31(27)39-32)15-17-35(28)20-22-10-11-22/h1-3,6-7,12-13,22,28,32,37-38H,4-5,8-11,14-20H2/t28?,32-,33-,34+/m0/s1. The normalized spacial score (nSPS) is 31.8. The molecule has 5 heteroatoms. The molecule has 6 aliphatic rings. The number of likely N-dealkylation sites (tertiary alicyclic amines) is 1. The number of hydrogen-bond acceptors (Lipinski definition) is 4. The van der Waals surface area contributed by atoms with Crippen molar-refractivity contribution in [1.82, 2.24) is 9.47 Å². The van der Waals surface area contributed by atoms with Gasteiger partial charge in [-0.25, -0.2) is 0 Å². The Hall–Kier alpha value is -2.76. The molecule has 5 nitrogen and oxygen atoms in total. The molecule has 2 aliphatic heterocycles. The van der Waals surface area contributed by atoms with Gasteiger partial charge in [0.05, 0.1) is 16.7 Å². The number of phenols is 1. The SMILES string of the molecule is Oc1ccc2c3c1O[C@H]1c4c(c5c(n4CCc4ccccc4)CCCC5)C[C@@]4(O)C(C2)N(CC2CC2)CC[C@]314. The number of rotatable bonds is 5. The highest BCUT2D eigenvalue weighted by molar-refractivity contribution is 5.65. The van der Waals surface area contributed by atoms with Crippen LogP contribution >= 0.6 is 0 Å². The number of hydrogen-bond donors (Lipinski definition) is 2. The van der Waals surface area contributed by atoms with Crippen LogP contribution in [0.2, 0.25) is 0 Å². The van der Waals surface area contributed by atoms with Gasteiger partial charge in [-0.15, -0.1) is 0 Å². The van der Waals surface area contributed by atoms with E-state index in [-0.39, 0.29) is 17.9 Å². The molecule has 3 heterocycles.